The zero-order chi connectivity index (χ0) is 14.6. The maximum absolute atomic E-state index is 11.8. The van der Waals surface area contributed by atoms with Crippen molar-refractivity contribution in [2.75, 3.05) is 7.05 Å². The van der Waals surface area contributed by atoms with Crippen molar-refractivity contribution in [3.05, 3.63) is 53.3 Å². The highest BCUT2D eigenvalue weighted by molar-refractivity contribution is 6.30. The first-order valence-corrected chi connectivity index (χ1v) is 6.62. The van der Waals surface area contributed by atoms with Crippen LogP contribution in [0.3, 0.4) is 0 Å². The average molecular weight is 294 g/mol. The van der Waals surface area contributed by atoms with Crippen molar-refractivity contribution in [2.24, 2.45) is 0 Å². The van der Waals surface area contributed by atoms with Gasteiger partial charge in [-0.1, -0.05) is 41.9 Å². The number of halogens is 1. The van der Waals surface area contributed by atoms with Crippen molar-refractivity contribution in [3.63, 3.8) is 0 Å². The second-order valence-corrected chi connectivity index (χ2v) is 4.93. The molecule has 2 rings (SSSR count). The quantitative estimate of drug-likeness (QED) is 0.856. The van der Waals surface area contributed by atoms with Gasteiger partial charge in [-0.3, -0.25) is 4.68 Å². The third kappa shape index (κ3) is 2.84. The molecule has 0 spiro atoms. The number of rotatable bonds is 6. The fourth-order valence-corrected chi connectivity index (χ4v) is 2.37. The number of aromatic nitrogens is 2. The van der Waals surface area contributed by atoms with Gasteiger partial charge in [-0.05, 0) is 12.6 Å². The van der Waals surface area contributed by atoms with Crippen LogP contribution >= 0.6 is 11.6 Å². The summed E-state index contributed by atoms with van der Waals surface area (Å²) in [4.78, 5) is 11.8. The lowest BCUT2D eigenvalue weighted by Crippen LogP contribution is -2.48. The van der Waals surface area contributed by atoms with Gasteiger partial charge in [-0.2, -0.15) is 5.10 Å². The first-order chi connectivity index (χ1) is 9.58. The van der Waals surface area contributed by atoms with Crippen molar-refractivity contribution < 1.29 is 9.90 Å². The summed E-state index contributed by atoms with van der Waals surface area (Å²) in [6.07, 6.45) is 3.57. The van der Waals surface area contributed by atoms with Gasteiger partial charge in [0.05, 0.1) is 11.2 Å². The SMILES string of the molecule is CNC(CCn1cc(Cl)cn1)(C(=O)O)c1ccccc1. The Labute approximate surface area is 122 Å². The van der Waals surface area contributed by atoms with Crippen LogP contribution in [0, 0.1) is 0 Å². The Hall–Kier alpha value is -1.85. The highest BCUT2D eigenvalue weighted by Crippen LogP contribution is 2.26. The van der Waals surface area contributed by atoms with Crippen LogP contribution in [-0.4, -0.2) is 27.9 Å². The van der Waals surface area contributed by atoms with Crippen molar-refractivity contribution >= 4 is 17.6 Å². The standard InChI is InChI=1S/C14H16ClN3O2/c1-16-14(13(19)20,11-5-3-2-4-6-11)7-8-18-10-12(15)9-17-18/h2-6,9-10,16H,7-8H2,1H3,(H,19,20). The Kier molecular flexibility index (Phi) is 4.42. The Bertz CT molecular complexity index is 585. The van der Waals surface area contributed by atoms with Crippen LogP contribution in [0.4, 0.5) is 0 Å². The summed E-state index contributed by atoms with van der Waals surface area (Å²) >= 11 is 5.81. The Morgan fingerprint density at radius 1 is 1.45 bits per heavy atom. The number of carbonyl (C=O) groups is 1. The zero-order valence-corrected chi connectivity index (χ0v) is 11.8. The van der Waals surface area contributed by atoms with Gasteiger partial charge in [0.15, 0.2) is 0 Å². The molecular weight excluding hydrogens is 278 g/mol. The fourth-order valence-electron chi connectivity index (χ4n) is 2.22. The molecule has 0 amide bonds. The summed E-state index contributed by atoms with van der Waals surface area (Å²) in [6, 6.07) is 9.13. The van der Waals surface area contributed by atoms with E-state index in [2.05, 4.69) is 10.4 Å². The van der Waals surface area contributed by atoms with Crippen LogP contribution in [0.1, 0.15) is 12.0 Å². The maximum atomic E-state index is 11.8. The van der Waals surface area contributed by atoms with Crippen molar-refractivity contribution in [1.82, 2.24) is 15.1 Å². The van der Waals surface area contributed by atoms with E-state index in [-0.39, 0.29) is 0 Å². The third-order valence-electron chi connectivity index (χ3n) is 3.38. The minimum Gasteiger partial charge on any atom is -0.480 e. The molecule has 6 heteroatoms. The maximum Gasteiger partial charge on any atom is 0.328 e. The molecule has 1 unspecified atom stereocenters. The van der Waals surface area contributed by atoms with E-state index >= 15 is 0 Å². The smallest absolute Gasteiger partial charge is 0.328 e. The third-order valence-corrected chi connectivity index (χ3v) is 3.57. The van der Waals surface area contributed by atoms with Gasteiger partial charge in [0.1, 0.15) is 5.54 Å². The number of hydrogen-bond acceptors (Lipinski definition) is 3. The molecule has 2 aromatic rings. The first-order valence-electron chi connectivity index (χ1n) is 6.24. The summed E-state index contributed by atoms with van der Waals surface area (Å²) in [7, 11) is 1.65. The predicted molar refractivity (Wildman–Crippen MR) is 76.7 cm³/mol. The molecule has 0 bridgehead atoms. The Balaban J connectivity index is 2.26. The summed E-state index contributed by atoms with van der Waals surface area (Å²) in [5, 5.41) is 17.2. The first kappa shape index (κ1) is 14.6. The van der Waals surface area contributed by atoms with E-state index in [1.54, 1.807) is 30.1 Å². The number of benzene rings is 1. The summed E-state index contributed by atoms with van der Waals surface area (Å²) in [5.74, 6) is -0.913. The van der Waals surface area contributed by atoms with Crippen molar-refractivity contribution in [3.8, 4) is 0 Å². The minimum atomic E-state index is -1.14. The number of carboxylic acid groups (broad SMARTS) is 1. The highest BCUT2D eigenvalue weighted by atomic mass is 35.5. The van der Waals surface area contributed by atoms with Gasteiger partial charge < -0.3 is 10.4 Å². The van der Waals surface area contributed by atoms with Crippen molar-refractivity contribution in [2.45, 2.75) is 18.5 Å². The number of hydrogen-bond donors (Lipinski definition) is 2. The van der Waals surface area contributed by atoms with E-state index < -0.39 is 11.5 Å². The van der Waals surface area contributed by atoms with E-state index in [0.29, 0.717) is 23.6 Å². The molecule has 1 aromatic heterocycles. The number of likely N-dealkylation sites (N-methyl/N-ethyl adjacent to an activating group) is 1. The molecule has 0 radical (unpaired) electrons. The molecule has 1 atom stereocenters. The summed E-state index contributed by atoms with van der Waals surface area (Å²) in [5.41, 5.74) is -0.423. The molecular formula is C14H16ClN3O2. The normalized spacial score (nSPS) is 13.9. The number of aryl methyl sites for hydroxylation is 1. The van der Waals surface area contributed by atoms with Gasteiger partial charge in [0, 0.05) is 19.2 Å². The number of aliphatic carboxylic acids is 1. The molecule has 0 aliphatic heterocycles. The van der Waals surface area contributed by atoms with Gasteiger partial charge in [-0.15, -0.1) is 0 Å². The number of nitrogens with one attached hydrogen (secondary N) is 1. The molecule has 106 valence electrons. The molecule has 0 saturated carbocycles. The lowest BCUT2D eigenvalue weighted by molar-refractivity contribution is -0.145. The zero-order valence-electron chi connectivity index (χ0n) is 11.1. The van der Waals surface area contributed by atoms with Crippen LogP contribution < -0.4 is 5.32 Å². The van der Waals surface area contributed by atoms with Crippen LogP contribution in [0.2, 0.25) is 5.02 Å². The van der Waals surface area contributed by atoms with Crippen molar-refractivity contribution in [1.29, 1.82) is 0 Å². The summed E-state index contributed by atoms with van der Waals surface area (Å²) < 4.78 is 1.64. The van der Waals surface area contributed by atoms with E-state index in [4.69, 9.17) is 11.6 Å². The molecule has 0 fully saturated rings. The van der Waals surface area contributed by atoms with Crippen LogP contribution in [-0.2, 0) is 16.9 Å². The lowest BCUT2D eigenvalue weighted by Gasteiger charge is -2.29. The second kappa shape index (κ2) is 6.07. The Morgan fingerprint density at radius 2 is 2.15 bits per heavy atom. The highest BCUT2D eigenvalue weighted by Gasteiger charge is 2.38. The summed E-state index contributed by atoms with van der Waals surface area (Å²) in [6.45, 7) is 0.453. The topological polar surface area (TPSA) is 67.2 Å². The number of nitrogens with zero attached hydrogens (tertiary/aromatic N) is 2. The minimum absolute atomic E-state index is 0.362. The monoisotopic (exact) mass is 293 g/mol. The lowest BCUT2D eigenvalue weighted by atomic mass is 9.86. The second-order valence-electron chi connectivity index (χ2n) is 4.50. The average Bonchev–Trinajstić information content (AvgIpc) is 2.87. The van der Waals surface area contributed by atoms with Crippen LogP contribution in [0.15, 0.2) is 42.7 Å². The molecule has 2 N–H and O–H groups in total. The molecule has 0 aliphatic carbocycles. The Morgan fingerprint density at radius 3 is 2.65 bits per heavy atom. The number of carboxylic acids is 1. The van der Waals surface area contributed by atoms with Crippen LogP contribution in [0.5, 0.6) is 0 Å². The van der Waals surface area contributed by atoms with Gasteiger partial charge in [0.2, 0.25) is 0 Å². The largest absolute Gasteiger partial charge is 0.480 e. The van der Waals surface area contributed by atoms with Gasteiger partial charge >= 0.3 is 5.97 Å². The molecule has 1 heterocycles. The van der Waals surface area contributed by atoms with E-state index in [0.717, 1.165) is 0 Å². The van der Waals surface area contributed by atoms with Gasteiger partial charge in [0.25, 0.3) is 0 Å². The molecule has 0 aliphatic rings. The van der Waals surface area contributed by atoms with Crippen LogP contribution in [0.25, 0.3) is 0 Å². The van der Waals surface area contributed by atoms with E-state index in [1.807, 2.05) is 18.2 Å². The fraction of sp³-hybridized carbons (Fsp3) is 0.286. The van der Waals surface area contributed by atoms with E-state index in [9.17, 15) is 9.90 Å². The molecule has 20 heavy (non-hydrogen) atoms. The van der Waals surface area contributed by atoms with Gasteiger partial charge in [-0.25, -0.2) is 4.79 Å². The van der Waals surface area contributed by atoms with E-state index in [1.165, 1.54) is 6.20 Å². The molecule has 5 nitrogen and oxygen atoms in total. The molecule has 0 saturated heterocycles. The molecule has 1 aromatic carbocycles. The predicted octanol–water partition coefficient (Wildman–Crippen LogP) is 2.13.